The lowest BCUT2D eigenvalue weighted by Crippen LogP contribution is -2.34. The van der Waals surface area contributed by atoms with Gasteiger partial charge in [-0.2, -0.15) is 0 Å². The van der Waals surface area contributed by atoms with E-state index in [-0.39, 0.29) is 24.4 Å². The number of sulfonamides is 1. The zero-order valence-electron chi connectivity index (χ0n) is 16.9. The molecule has 8 heteroatoms. The maximum absolute atomic E-state index is 12.5. The number of carbonyl (C=O) groups excluding carboxylic acids is 2. The van der Waals surface area contributed by atoms with Crippen LogP contribution in [-0.2, 0) is 21.2 Å². The zero-order chi connectivity index (χ0) is 21.3. The summed E-state index contributed by atoms with van der Waals surface area (Å²) in [6.45, 7) is 5.49. The number of aryl methyl sites for hydroxylation is 2. The number of carbonyl (C=O) groups is 2. The minimum atomic E-state index is -3.38. The van der Waals surface area contributed by atoms with Gasteiger partial charge in [0.2, 0.25) is 15.9 Å². The number of rotatable bonds is 5. The molecule has 1 atom stereocenters. The normalized spacial score (nSPS) is 15.7. The van der Waals surface area contributed by atoms with Crippen LogP contribution in [0.1, 0.15) is 34.0 Å². The Hall–Kier alpha value is -2.87. The van der Waals surface area contributed by atoms with Gasteiger partial charge in [0.05, 0.1) is 18.5 Å². The second kappa shape index (κ2) is 7.87. The van der Waals surface area contributed by atoms with E-state index in [9.17, 15) is 18.0 Å². The maximum Gasteiger partial charge on any atom is 0.251 e. The minimum absolute atomic E-state index is 0.157. The Morgan fingerprint density at radius 1 is 1.14 bits per heavy atom. The molecule has 0 saturated heterocycles. The Morgan fingerprint density at radius 3 is 2.41 bits per heavy atom. The molecular formula is C21H25N3O4S. The van der Waals surface area contributed by atoms with Crippen LogP contribution in [0, 0.1) is 13.8 Å². The predicted octanol–water partition coefficient (Wildman–Crippen LogP) is 2.38. The number of hydrogen-bond donors (Lipinski definition) is 2. The third kappa shape index (κ3) is 4.42. The fraction of sp³-hybridized carbons (Fsp3) is 0.333. The smallest absolute Gasteiger partial charge is 0.251 e. The van der Waals surface area contributed by atoms with Crippen molar-refractivity contribution in [3.8, 4) is 0 Å². The van der Waals surface area contributed by atoms with Crippen molar-refractivity contribution in [1.29, 1.82) is 0 Å². The Morgan fingerprint density at radius 2 is 1.79 bits per heavy atom. The first kappa shape index (κ1) is 20.9. The van der Waals surface area contributed by atoms with Crippen LogP contribution in [0.25, 0.3) is 0 Å². The third-order valence-corrected chi connectivity index (χ3v) is 6.28. The molecule has 0 radical (unpaired) electrons. The molecule has 0 aromatic heterocycles. The lowest BCUT2D eigenvalue weighted by atomic mass is 10.1. The van der Waals surface area contributed by atoms with Crippen LogP contribution >= 0.6 is 0 Å². The van der Waals surface area contributed by atoms with Crippen molar-refractivity contribution < 1.29 is 18.0 Å². The topological polar surface area (TPSA) is 95.6 Å². The van der Waals surface area contributed by atoms with Crippen LogP contribution in [-0.4, -0.2) is 39.1 Å². The zero-order valence-corrected chi connectivity index (χ0v) is 17.8. The molecule has 1 aliphatic heterocycles. The molecule has 0 fully saturated rings. The Bertz CT molecular complexity index is 1060. The van der Waals surface area contributed by atoms with Crippen LogP contribution in [0.15, 0.2) is 36.4 Å². The molecule has 0 bridgehead atoms. The first-order valence-electron chi connectivity index (χ1n) is 9.34. The molecule has 3 rings (SSSR count). The van der Waals surface area contributed by atoms with Crippen LogP contribution in [0.5, 0.6) is 0 Å². The number of nitrogens with one attached hydrogen (secondary N) is 2. The van der Waals surface area contributed by atoms with E-state index in [4.69, 9.17) is 0 Å². The molecule has 2 N–H and O–H groups in total. The average Bonchev–Trinajstić information content (AvgIpc) is 2.97. The summed E-state index contributed by atoms with van der Waals surface area (Å²) in [5, 5.41) is 5.45. The van der Waals surface area contributed by atoms with Gasteiger partial charge in [-0.25, -0.2) is 8.42 Å². The standard InChI is InChI=1S/C21H25N3O4S/c1-13-6-5-7-14(2)20(13)23-19(25)12-22-21(26)16-8-9-18-17(11-16)10-15(3)24(18)29(4,27)28/h5-9,11,15H,10,12H2,1-4H3,(H,22,26)(H,23,25)/t15-/m1/s1. The summed E-state index contributed by atoms with van der Waals surface area (Å²) in [6.07, 6.45) is 1.71. The molecule has 2 aromatic rings. The van der Waals surface area contributed by atoms with E-state index in [0.717, 1.165) is 22.4 Å². The minimum Gasteiger partial charge on any atom is -0.343 e. The lowest BCUT2D eigenvalue weighted by molar-refractivity contribution is -0.115. The van der Waals surface area contributed by atoms with E-state index in [1.165, 1.54) is 10.6 Å². The number of nitrogens with zero attached hydrogens (tertiary/aromatic N) is 1. The molecule has 154 valence electrons. The molecular weight excluding hydrogens is 390 g/mol. The van der Waals surface area contributed by atoms with Crippen molar-refractivity contribution in [3.05, 3.63) is 58.7 Å². The molecule has 0 saturated carbocycles. The van der Waals surface area contributed by atoms with Gasteiger partial charge >= 0.3 is 0 Å². The van der Waals surface area contributed by atoms with E-state index in [2.05, 4.69) is 10.6 Å². The SMILES string of the molecule is Cc1cccc(C)c1NC(=O)CNC(=O)c1ccc2c(c1)C[C@@H](C)N2S(C)(=O)=O. The fourth-order valence-electron chi connectivity index (χ4n) is 3.71. The average molecular weight is 416 g/mol. The van der Waals surface area contributed by atoms with E-state index < -0.39 is 10.0 Å². The van der Waals surface area contributed by atoms with Crippen molar-refractivity contribution in [2.75, 3.05) is 22.4 Å². The van der Waals surface area contributed by atoms with Crippen LogP contribution in [0.4, 0.5) is 11.4 Å². The van der Waals surface area contributed by atoms with E-state index in [1.807, 2.05) is 39.0 Å². The first-order chi connectivity index (χ1) is 13.6. The quantitative estimate of drug-likeness (QED) is 0.784. The summed E-state index contributed by atoms with van der Waals surface area (Å²) in [5.41, 5.74) is 4.45. The molecule has 1 heterocycles. The largest absolute Gasteiger partial charge is 0.343 e. The van der Waals surface area contributed by atoms with Crippen molar-refractivity contribution in [2.45, 2.75) is 33.2 Å². The number of para-hydroxylation sites is 1. The van der Waals surface area contributed by atoms with Gasteiger partial charge in [0.1, 0.15) is 0 Å². The van der Waals surface area contributed by atoms with E-state index in [1.54, 1.807) is 18.2 Å². The number of fused-ring (bicyclic) bond motifs is 1. The number of amides is 2. The molecule has 7 nitrogen and oxygen atoms in total. The Balaban J connectivity index is 1.67. The molecule has 0 unspecified atom stereocenters. The highest BCUT2D eigenvalue weighted by Crippen LogP contribution is 2.34. The molecule has 0 aliphatic carbocycles. The summed E-state index contributed by atoms with van der Waals surface area (Å²) >= 11 is 0. The number of benzene rings is 2. The summed E-state index contributed by atoms with van der Waals surface area (Å²) in [5.74, 6) is -0.691. The van der Waals surface area contributed by atoms with Gasteiger partial charge in [-0.15, -0.1) is 0 Å². The number of anilines is 2. The van der Waals surface area contributed by atoms with Gasteiger partial charge in [-0.1, -0.05) is 18.2 Å². The summed E-state index contributed by atoms with van der Waals surface area (Å²) in [6, 6.07) is 10.5. The van der Waals surface area contributed by atoms with Crippen LogP contribution in [0.3, 0.4) is 0 Å². The van der Waals surface area contributed by atoms with Gasteiger partial charge < -0.3 is 10.6 Å². The van der Waals surface area contributed by atoms with Crippen LogP contribution in [0.2, 0.25) is 0 Å². The van der Waals surface area contributed by atoms with Gasteiger partial charge in [-0.05, 0) is 62.1 Å². The third-order valence-electron chi connectivity index (χ3n) is 5.01. The highest BCUT2D eigenvalue weighted by Gasteiger charge is 2.32. The van der Waals surface area contributed by atoms with Crippen molar-refractivity contribution >= 4 is 33.2 Å². The van der Waals surface area contributed by atoms with Crippen molar-refractivity contribution in [1.82, 2.24) is 5.32 Å². The Labute approximate surface area is 171 Å². The lowest BCUT2D eigenvalue weighted by Gasteiger charge is -2.21. The molecule has 2 amide bonds. The van der Waals surface area contributed by atoms with Crippen molar-refractivity contribution in [2.24, 2.45) is 0 Å². The van der Waals surface area contributed by atoms with E-state index >= 15 is 0 Å². The highest BCUT2D eigenvalue weighted by molar-refractivity contribution is 7.92. The molecule has 29 heavy (non-hydrogen) atoms. The highest BCUT2D eigenvalue weighted by atomic mass is 32.2. The van der Waals surface area contributed by atoms with Gasteiger partial charge in [0.25, 0.3) is 5.91 Å². The van der Waals surface area contributed by atoms with Crippen LogP contribution < -0.4 is 14.9 Å². The summed E-state index contributed by atoms with van der Waals surface area (Å²) in [7, 11) is -3.38. The molecule has 1 aliphatic rings. The molecule has 0 spiro atoms. The van der Waals surface area contributed by atoms with Gasteiger partial charge in [0, 0.05) is 17.3 Å². The molecule has 2 aromatic carbocycles. The predicted molar refractivity (Wildman–Crippen MR) is 114 cm³/mol. The second-order valence-corrected chi connectivity index (χ2v) is 9.31. The van der Waals surface area contributed by atoms with E-state index in [0.29, 0.717) is 17.7 Å². The second-order valence-electron chi connectivity index (χ2n) is 7.45. The van der Waals surface area contributed by atoms with Crippen molar-refractivity contribution in [3.63, 3.8) is 0 Å². The Kier molecular flexibility index (Phi) is 5.66. The van der Waals surface area contributed by atoms with Gasteiger partial charge in [0.15, 0.2) is 0 Å². The summed E-state index contributed by atoms with van der Waals surface area (Å²) in [4.78, 5) is 24.7. The fourth-order valence-corrected chi connectivity index (χ4v) is 4.97. The monoisotopic (exact) mass is 415 g/mol. The number of hydrogen-bond acceptors (Lipinski definition) is 4. The summed E-state index contributed by atoms with van der Waals surface area (Å²) < 4.78 is 25.4. The van der Waals surface area contributed by atoms with Gasteiger partial charge in [-0.3, -0.25) is 13.9 Å². The maximum atomic E-state index is 12.5. The first-order valence-corrected chi connectivity index (χ1v) is 11.2.